The van der Waals surface area contributed by atoms with E-state index in [9.17, 15) is 39.5 Å². The molecule has 0 heterocycles. The van der Waals surface area contributed by atoms with Crippen molar-refractivity contribution in [2.45, 2.75) is 24.1 Å². The maximum atomic E-state index is 11.4. The van der Waals surface area contributed by atoms with Gasteiger partial charge in [-0.3, -0.25) is 0 Å². The summed E-state index contributed by atoms with van der Waals surface area (Å²) in [6, 6.07) is 0. The van der Waals surface area contributed by atoms with Crippen molar-refractivity contribution in [2.24, 2.45) is 0 Å². The molecule has 0 aromatic carbocycles. The molecule has 0 aliphatic rings. The average Bonchev–Trinajstić information content (AvgIpc) is 1.77. The van der Waals surface area contributed by atoms with E-state index in [0.717, 1.165) is 0 Å². The first-order valence-electron chi connectivity index (χ1n) is 2.67. The molecule has 0 aromatic heterocycles. The predicted octanol–water partition coefficient (Wildman–Crippen LogP) is 2.40. The quantitative estimate of drug-likeness (QED) is 0.538. The molecule has 0 bridgehead atoms. The van der Waals surface area contributed by atoms with E-state index in [1.165, 1.54) is 0 Å². The van der Waals surface area contributed by atoms with E-state index in [4.69, 9.17) is 5.11 Å². The molecular formula is C4HCuF9O. The zero-order chi connectivity index (χ0) is 12.0. The van der Waals surface area contributed by atoms with Crippen LogP contribution >= 0.6 is 0 Å². The largest absolute Gasteiger partial charge is 0.435 e. The van der Waals surface area contributed by atoms with Crippen LogP contribution < -0.4 is 0 Å². The Hall–Kier alpha value is -0.151. The third-order valence-corrected chi connectivity index (χ3v) is 1.23. The first-order valence-corrected chi connectivity index (χ1v) is 2.67. The molecule has 15 heavy (non-hydrogen) atoms. The van der Waals surface area contributed by atoms with Gasteiger partial charge < -0.3 is 5.11 Å². The van der Waals surface area contributed by atoms with Crippen molar-refractivity contribution in [3.8, 4) is 0 Å². The molecule has 1 N–H and O–H groups in total. The van der Waals surface area contributed by atoms with E-state index in [0.29, 0.717) is 0 Å². The van der Waals surface area contributed by atoms with Crippen molar-refractivity contribution in [3.05, 3.63) is 0 Å². The zero-order valence-corrected chi connectivity index (χ0v) is 7.09. The summed E-state index contributed by atoms with van der Waals surface area (Å²) >= 11 is 0. The fraction of sp³-hybridized carbons (Fsp3) is 1.00. The third-order valence-electron chi connectivity index (χ3n) is 1.23. The molecular weight excluding hydrogens is 299 g/mol. The standard InChI is InChI=1S/C4HF9O.Cu/c5-2(6,7)1(14,3(8,9)10)4(11,12)13;/h14H;. The van der Waals surface area contributed by atoms with Gasteiger partial charge in [0.15, 0.2) is 0 Å². The average molecular weight is 300 g/mol. The first-order chi connectivity index (χ1) is 5.75. The Balaban J connectivity index is 0. The Morgan fingerprint density at radius 3 is 0.667 bits per heavy atom. The van der Waals surface area contributed by atoms with Gasteiger partial charge in [-0.1, -0.05) is 0 Å². The van der Waals surface area contributed by atoms with Crippen molar-refractivity contribution in [2.75, 3.05) is 0 Å². The maximum Gasteiger partial charge on any atom is 0.435 e. The van der Waals surface area contributed by atoms with E-state index in [2.05, 4.69) is 0 Å². The molecule has 0 saturated carbocycles. The van der Waals surface area contributed by atoms with Crippen LogP contribution in [-0.4, -0.2) is 29.2 Å². The van der Waals surface area contributed by atoms with Gasteiger partial charge in [-0.25, -0.2) is 0 Å². The summed E-state index contributed by atoms with van der Waals surface area (Å²) in [6.07, 6.45) is -20.6. The molecule has 0 amide bonds. The van der Waals surface area contributed by atoms with Crippen molar-refractivity contribution in [3.63, 3.8) is 0 Å². The van der Waals surface area contributed by atoms with Crippen LogP contribution in [0, 0.1) is 0 Å². The summed E-state index contributed by atoms with van der Waals surface area (Å²) in [4.78, 5) is 0. The minimum atomic E-state index is -6.87. The molecule has 11 heteroatoms. The molecule has 0 aliphatic heterocycles. The summed E-state index contributed by atoms with van der Waals surface area (Å²) in [7, 11) is 0. The topological polar surface area (TPSA) is 20.2 Å². The van der Waals surface area contributed by atoms with E-state index >= 15 is 0 Å². The van der Waals surface area contributed by atoms with Crippen LogP contribution in [0.15, 0.2) is 0 Å². The second-order valence-electron chi connectivity index (χ2n) is 2.20. The van der Waals surface area contributed by atoms with E-state index in [1.807, 2.05) is 0 Å². The van der Waals surface area contributed by atoms with Crippen molar-refractivity contribution < 1.29 is 61.7 Å². The number of hydrogen-bond acceptors (Lipinski definition) is 1. The molecule has 0 aliphatic carbocycles. The van der Waals surface area contributed by atoms with Crippen molar-refractivity contribution in [1.29, 1.82) is 0 Å². The Bertz CT molecular complexity index is 176. The Kier molecular flexibility index (Phi) is 4.62. The number of hydrogen-bond donors (Lipinski definition) is 1. The zero-order valence-electron chi connectivity index (χ0n) is 6.15. The molecule has 0 saturated heterocycles. The monoisotopic (exact) mass is 299 g/mol. The molecule has 1 nitrogen and oxygen atoms in total. The van der Waals surface area contributed by atoms with Gasteiger partial charge >= 0.3 is 24.1 Å². The van der Waals surface area contributed by atoms with Crippen LogP contribution in [0.4, 0.5) is 39.5 Å². The maximum absolute atomic E-state index is 11.4. The molecule has 0 fully saturated rings. The summed E-state index contributed by atoms with van der Waals surface area (Å²) < 4.78 is 103. The first kappa shape index (κ1) is 17.3. The van der Waals surface area contributed by atoms with Gasteiger partial charge in [-0.05, 0) is 0 Å². The number of aliphatic hydroxyl groups is 1. The molecule has 97 valence electrons. The Morgan fingerprint density at radius 2 is 0.667 bits per heavy atom. The van der Waals surface area contributed by atoms with Crippen LogP contribution in [0.25, 0.3) is 0 Å². The van der Waals surface area contributed by atoms with Crippen LogP contribution in [0.2, 0.25) is 0 Å². The van der Waals surface area contributed by atoms with Crippen molar-refractivity contribution in [1.82, 2.24) is 0 Å². The van der Waals surface area contributed by atoms with Gasteiger partial charge in [0, 0.05) is 17.1 Å². The predicted molar refractivity (Wildman–Crippen MR) is 23.1 cm³/mol. The minimum Gasteiger partial charge on any atom is -0.367 e. The van der Waals surface area contributed by atoms with Crippen LogP contribution in [0.3, 0.4) is 0 Å². The molecule has 0 rings (SSSR count). The SMILES string of the molecule is OC(C(F)(F)F)(C(F)(F)F)C(F)(F)F.[Cu]. The van der Waals surface area contributed by atoms with E-state index in [-0.39, 0.29) is 17.1 Å². The number of halogens is 9. The van der Waals surface area contributed by atoms with Gasteiger partial charge in [0.1, 0.15) is 0 Å². The number of rotatable bonds is 0. The minimum absolute atomic E-state index is 0. The van der Waals surface area contributed by atoms with Crippen molar-refractivity contribution >= 4 is 0 Å². The smallest absolute Gasteiger partial charge is 0.367 e. The Morgan fingerprint density at radius 1 is 0.533 bits per heavy atom. The van der Waals surface area contributed by atoms with Crippen LogP contribution in [-0.2, 0) is 17.1 Å². The summed E-state index contributed by atoms with van der Waals surface area (Å²) in [5.41, 5.74) is -6.69. The summed E-state index contributed by atoms with van der Waals surface area (Å²) in [5, 5.41) is 7.65. The number of alkyl halides is 9. The van der Waals surface area contributed by atoms with E-state index in [1.54, 1.807) is 0 Å². The molecule has 0 aromatic rings. The fourth-order valence-electron chi connectivity index (χ4n) is 0.482. The van der Waals surface area contributed by atoms with Crippen LogP contribution in [0.1, 0.15) is 0 Å². The van der Waals surface area contributed by atoms with Gasteiger partial charge in [0.2, 0.25) is 0 Å². The molecule has 0 unspecified atom stereocenters. The van der Waals surface area contributed by atoms with Gasteiger partial charge in [-0.15, -0.1) is 0 Å². The van der Waals surface area contributed by atoms with Gasteiger partial charge in [0.25, 0.3) is 0 Å². The third kappa shape index (κ3) is 2.70. The normalized spacial score (nSPS) is 14.8. The summed E-state index contributed by atoms with van der Waals surface area (Å²) in [6.45, 7) is 0. The molecule has 0 spiro atoms. The summed E-state index contributed by atoms with van der Waals surface area (Å²) in [5.74, 6) is 0. The fourth-order valence-corrected chi connectivity index (χ4v) is 0.482. The van der Waals surface area contributed by atoms with Gasteiger partial charge in [-0.2, -0.15) is 39.5 Å². The second kappa shape index (κ2) is 4.02. The van der Waals surface area contributed by atoms with Gasteiger partial charge in [0.05, 0.1) is 0 Å². The Labute approximate surface area is 86.7 Å². The molecule has 1 radical (unpaired) electrons. The molecule has 0 atom stereocenters. The second-order valence-corrected chi connectivity index (χ2v) is 2.20. The van der Waals surface area contributed by atoms with Crippen LogP contribution in [0.5, 0.6) is 0 Å². The van der Waals surface area contributed by atoms with E-state index < -0.39 is 24.1 Å².